The Kier molecular flexibility index (Phi) is 65.4. The quantitative estimate of drug-likeness (QED) is 0.0367. The van der Waals surface area contributed by atoms with Crippen molar-refractivity contribution in [2.75, 3.05) is 223 Å². The van der Waals surface area contributed by atoms with E-state index in [0.717, 1.165) is 85.0 Å². The lowest BCUT2D eigenvalue weighted by Crippen LogP contribution is -2.47. The summed E-state index contributed by atoms with van der Waals surface area (Å²) >= 11 is 0. The molecule has 0 spiro atoms. The number of rotatable bonds is 38. The molecule has 0 saturated carbocycles. The van der Waals surface area contributed by atoms with E-state index in [9.17, 15) is 75.8 Å². The molecule has 3 fully saturated rings. The van der Waals surface area contributed by atoms with Crippen molar-refractivity contribution < 1.29 is 120 Å². The summed E-state index contributed by atoms with van der Waals surface area (Å²) in [5.74, 6) is 0.0417. The van der Waals surface area contributed by atoms with E-state index in [-0.39, 0.29) is 82.0 Å². The summed E-state index contributed by atoms with van der Waals surface area (Å²) in [7, 11) is -27.4. The van der Waals surface area contributed by atoms with Crippen molar-refractivity contribution in [3.63, 3.8) is 0 Å². The summed E-state index contributed by atoms with van der Waals surface area (Å²) in [5.41, 5.74) is -0.212. The van der Waals surface area contributed by atoms with Gasteiger partial charge in [-0.25, -0.2) is 119 Å². The molecule has 0 bridgehead atoms. The Hall–Kier alpha value is -1.33. The van der Waals surface area contributed by atoms with Gasteiger partial charge < -0.3 is 49.4 Å². The van der Waals surface area contributed by atoms with Crippen LogP contribution in [0.4, 0.5) is 0 Å². The Morgan fingerprint density at radius 2 is 0.730 bits per heavy atom. The number of aliphatic hydroxyl groups excluding tert-OH is 4. The highest BCUT2D eigenvalue weighted by Crippen LogP contribution is 2.20. The Labute approximate surface area is 740 Å². The highest BCUT2D eigenvalue weighted by molar-refractivity contribution is 7.92. The molecule has 3 saturated heterocycles. The van der Waals surface area contributed by atoms with Crippen LogP contribution < -0.4 is 48.2 Å². The molecule has 40 nitrogen and oxygen atoms in total. The van der Waals surface area contributed by atoms with Crippen molar-refractivity contribution in [2.24, 2.45) is 16.0 Å². The smallest absolute Gasteiger partial charge is 0.216 e. The van der Waals surface area contributed by atoms with Gasteiger partial charge in [0.15, 0.2) is 0 Å². The van der Waals surface area contributed by atoms with Crippen LogP contribution in [-0.4, -0.2) is 373 Å². The van der Waals surface area contributed by atoms with Crippen LogP contribution in [0.2, 0.25) is 0 Å². The molecule has 0 aromatic carbocycles. The summed E-state index contributed by atoms with van der Waals surface area (Å²) in [6.45, 7) is 61.5. The monoisotopic (exact) mass is 1950 g/mol. The van der Waals surface area contributed by atoms with Gasteiger partial charge in [0.05, 0.1) is 124 Å². The van der Waals surface area contributed by atoms with Gasteiger partial charge in [-0.15, -0.1) is 0 Å². The lowest BCUT2D eigenvalue weighted by molar-refractivity contribution is 0.0390. The molecule has 0 aliphatic carbocycles. The molecule has 3 rings (SSSR count). The topological polar surface area (TPSA) is 578 Å². The maximum atomic E-state index is 11.8. The predicted octanol–water partition coefficient (Wildman–Crippen LogP) is 0.200. The number of nitrogens with zero attached hydrogens (tertiary/aromatic N) is 3. The minimum absolute atomic E-state index is 0.00792. The van der Waals surface area contributed by atoms with Crippen molar-refractivity contribution in [3.8, 4) is 0 Å². The number of morpholine rings is 1. The van der Waals surface area contributed by atoms with Crippen LogP contribution >= 0.6 is 0 Å². The third kappa shape index (κ3) is 70.5. The Morgan fingerprint density at radius 3 is 1.01 bits per heavy atom. The molecule has 0 aromatic heterocycles. The summed E-state index contributed by atoms with van der Waals surface area (Å²) in [4.78, 5) is 6.27. The SMILES string of the molecule is CC(C)(C)CNS(C)(=O)=O.CC(C)(C)CS(N)(=O)=O.CC(C)(C)S(=O)(=O)NCC1CCCO1.CC(C)(C)S(=O)(=O)NCCN(CCO)CCO.CC(C)(C)S(=O)(=O)NCCN1CCNCC1.CC(C)(C)S(=O)(=O)NCCN1CCOCC1.CC(C)(C)S(=O)(=O)NCCO.CC(C)(C)S(=O)(=O)NCCOCCO.COCCOCCNS(=O)(=O)C(C)(C)C. The molecule has 744 valence electrons. The number of hydrogen-bond donors (Lipinski definition) is 14. The average Bonchev–Trinajstić information content (AvgIpc) is 1.32. The fraction of sp³-hybridized carbons (Fsp3) is 1.00. The molecule has 3 aliphatic heterocycles. The average molecular weight is 1950 g/mol. The van der Waals surface area contributed by atoms with E-state index in [0.29, 0.717) is 72.2 Å². The van der Waals surface area contributed by atoms with Crippen molar-refractivity contribution >= 4 is 90.2 Å². The maximum Gasteiger partial charge on any atom is 0.216 e. The lowest BCUT2D eigenvalue weighted by Gasteiger charge is -2.28. The molecule has 0 amide bonds. The van der Waals surface area contributed by atoms with Crippen molar-refractivity contribution in [1.82, 2.24) is 57.8 Å². The lowest BCUT2D eigenvalue weighted by atomic mass is 9.98. The number of hydrogen-bond acceptors (Lipinski definition) is 31. The zero-order valence-corrected chi connectivity index (χ0v) is 86.7. The molecule has 0 aromatic rings. The Balaban J connectivity index is -0.000000312. The Morgan fingerprint density at radius 1 is 0.393 bits per heavy atom. The second kappa shape index (κ2) is 60.7. The highest BCUT2D eigenvalue weighted by Gasteiger charge is 2.34. The predicted molar refractivity (Wildman–Crippen MR) is 490 cm³/mol. The van der Waals surface area contributed by atoms with E-state index in [1.807, 2.05) is 41.5 Å². The first kappa shape index (κ1) is 131. The maximum absolute atomic E-state index is 11.8. The van der Waals surface area contributed by atoms with E-state index in [1.54, 1.807) is 157 Å². The van der Waals surface area contributed by atoms with Gasteiger partial charge in [0.25, 0.3) is 0 Å². The fourth-order valence-corrected chi connectivity index (χ4v) is 15.4. The molecule has 49 heteroatoms. The van der Waals surface area contributed by atoms with Gasteiger partial charge in [0.2, 0.25) is 90.2 Å². The van der Waals surface area contributed by atoms with Crippen LogP contribution in [0.1, 0.15) is 200 Å². The normalized spacial score (nSPS) is 16.3. The molecule has 0 radical (unpaired) electrons. The van der Waals surface area contributed by atoms with Crippen molar-refractivity contribution in [1.29, 1.82) is 0 Å². The molecular formula is C73H171N13O27S9. The van der Waals surface area contributed by atoms with Gasteiger partial charge in [-0.1, -0.05) is 41.5 Å². The number of aliphatic hydroxyl groups is 4. The molecule has 15 N–H and O–H groups in total. The number of nitrogens with two attached hydrogens (primary N) is 1. The Bertz CT molecular complexity index is 3750. The fourth-order valence-electron chi connectivity index (χ4n) is 7.95. The second-order valence-corrected chi connectivity index (χ2v) is 58.8. The number of primary sulfonamides is 1. The first-order valence-corrected chi connectivity index (χ1v) is 54.6. The van der Waals surface area contributed by atoms with Gasteiger partial charge >= 0.3 is 0 Å². The van der Waals surface area contributed by atoms with E-state index < -0.39 is 123 Å². The van der Waals surface area contributed by atoms with Gasteiger partial charge in [-0.3, -0.25) is 14.7 Å². The van der Waals surface area contributed by atoms with E-state index in [2.05, 4.69) is 52.9 Å². The third-order valence-corrected chi connectivity index (χ3v) is 33.4. The zero-order valence-electron chi connectivity index (χ0n) is 79.4. The van der Waals surface area contributed by atoms with Crippen LogP contribution in [0.25, 0.3) is 0 Å². The molecule has 3 aliphatic rings. The summed E-state index contributed by atoms with van der Waals surface area (Å²) in [6, 6.07) is 0. The van der Waals surface area contributed by atoms with Crippen LogP contribution in [-0.2, 0) is 114 Å². The van der Waals surface area contributed by atoms with E-state index in [4.69, 9.17) is 49.2 Å². The summed E-state index contributed by atoms with van der Waals surface area (Å²) < 4.78 is 244. The summed E-state index contributed by atoms with van der Waals surface area (Å²) in [6.07, 6.45) is 3.21. The molecular weight excluding hydrogens is 1780 g/mol. The number of ether oxygens (including phenoxy) is 5. The van der Waals surface area contributed by atoms with Crippen LogP contribution in [0.5, 0.6) is 0 Å². The molecule has 1 unspecified atom stereocenters. The number of sulfonamides is 9. The van der Waals surface area contributed by atoms with Crippen LogP contribution in [0.3, 0.4) is 0 Å². The first-order valence-electron chi connectivity index (χ1n) is 40.6. The molecule has 3 heterocycles. The van der Waals surface area contributed by atoms with Crippen molar-refractivity contribution in [3.05, 3.63) is 0 Å². The molecule has 122 heavy (non-hydrogen) atoms. The minimum atomic E-state index is -3.32. The standard InChI is InChI=1S/C10H23N3O2S.C10H24N2O4S.C10H22N2O3S.C9H21NO4S.C9H19NO3S.C8H19NO4S.C6H15NO3S.C6H15NO2S.C5H13NO2S/c1-10(2,3)16(14,15)12-6-9-13-7-4-11-5-8-13;1-10(2,3)17(15,16)11-4-5-12(6-8-13)7-9-14;1-10(2,3)16(13,14)11-4-5-12-6-8-15-9-7-12;1-9(2,3)15(11,12)10-5-6-14-8-7-13-4;1-9(2,3)14(11,12)10-7-8-5-4-6-13-8;1-8(2,3)14(11,12)9-4-6-13-7-5-10;1-6(2,3)11(9,10)7-4-5-8;1-6(2,3)5-7-10(4,8)9;1-5(2,3)4-9(6,7)8/h11-12H,4-9H2,1-3H3;11,13-14H,4-9H2,1-3H3;11H,4-9H2,1-3H3;10H,5-8H2,1-4H3;8,10H,4-7H2,1-3H3;9-10H,4-7H2,1-3H3;7-8H,4-5H2,1-3H3;7H,5H2,1-4H3;4H2,1-3H3,(H2,6,7,8). The van der Waals surface area contributed by atoms with E-state index in [1.165, 1.54) is 6.26 Å². The minimum Gasteiger partial charge on any atom is -0.395 e. The number of methoxy groups -OCH3 is 1. The highest BCUT2D eigenvalue weighted by atomic mass is 32.2. The first-order chi connectivity index (χ1) is 54.6. The third-order valence-electron chi connectivity index (χ3n) is 16.1. The molecule has 1 atom stereocenters. The zero-order chi connectivity index (χ0) is 97.3. The number of piperazine rings is 1. The van der Waals surface area contributed by atoms with Crippen molar-refractivity contribution in [2.45, 2.75) is 239 Å². The van der Waals surface area contributed by atoms with Crippen LogP contribution in [0, 0.1) is 10.8 Å². The number of nitrogens with one attached hydrogen (secondary N) is 9. The summed E-state index contributed by atoms with van der Waals surface area (Å²) in [5, 5.41) is 42.4. The van der Waals surface area contributed by atoms with Gasteiger partial charge in [-0.05, 0) is 169 Å². The van der Waals surface area contributed by atoms with Gasteiger partial charge in [0.1, 0.15) is 0 Å². The largest absolute Gasteiger partial charge is 0.395 e. The van der Waals surface area contributed by atoms with Gasteiger partial charge in [-0.2, -0.15) is 0 Å². The van der Waals surface area contributed by atoms with Gasteiger partial charge in [0, 0.05) is 138 Å². The second-order valence-electron chi connectivity index (χ2n) is 37.7. The van der Waals surface area contributed by atoms with E-state index >= 15 is 0 Å². The van der Waals surface area contributed by atoms with Crippen LogP contribution in [0.15, 0.2) is 0 Å².